The third-order valence-corrected chi connectivity index (χ3v) is 5.03. The van der Waals surface area contributed by atoms with Crippen LogP contribution in [0.2, 0.25) is 0 Å². The molecule has 1 aliphatic heterocycles. The summed E-state index contributed by atoms with van der Waals surface area (Å²) in [7, 11) is 1.76. The smallest absolute Gasteiger partial charge is 0.229 e. The van der Waals surface area contributed by atoms with Crippen LogP contribution in [0.1, 0.15) is 38.5 Å². The molecule has 1 aromatic carbocycles. The van der Waals surface area contributed by atoms with Crippen LogP contribution in [0.4, 0.5) is 5.69 Å². The number of benzene rings is 1. The molecule has 0 aromatic heterocycles. The average Bonchev–Trinajstić information content (AvgIpc) is 3.30. The molecule has 0 radical (unpaired) electrons. The van der Waals surface area contributed by atoms with Crippen molar-refractivity contribution in [2.75, 3.05) is 31.6 Å². The van der Waals surface area contributed by atoms with Gasteiger partial charge in [0, 0.05) is 38.9 Å². The minimum absolute atomic E-state index is 0.0728. The van der Waals surface area contributed by atoms with Gasteiger partial charge in [-0.2, -0.15) is 0 Å². The molecule has 0 bridgehead atoms. The molecule has 2 aliphatic rings. The standard InChI is InChI=1S/C20H30N4O2/c1-21-20(22-12-7-13-26-18-10-5-6-11-18)23-16-14-19(25)24(15-16)17-8-3-2-4-9-17/h2-4,8-9,16,18H,5-7,10-15H2,1H3,(H2,21,22,23). The van der Waals surface area contributed by atoms with Gasteiger partial charge in [0.2, 0.25) is 5.91 Å². The molecule has 0 spiro atoms. The van der Waals surface area contributed by atoms with Crippen molar-refractivity contribution in [3.05, 3.63) is 30.3 Å². The van der Waals surface area contributed by atoms with Crippen molar-refractivity contribution in [3.8, 4) is 0 Å². The SMILES string of the molecule is CN=C(NCCCOC1CCCC1)NC1CC(=O)N(c2ccccc2)C1. The second-order valence-electron chi connectivity index (χ2n) is 7.02. The van der Waals surface area contributed by atoms with E-state index in [1.807, 2.05) is 35.2 Å². The lowest BCUT2D eigenvalue weighted by atomic mass is 10.2. The van der Waals surface area contributed by atoms with Gasteiger partial charge in [-0.15, -0.1) is 0 Å². The fraction of sp³-hybridized carbons (Fsp3) is 0.600. The van der Waals surface area contributed by atoms with Crippen LogP contribution in [-0.2, 0) is 9.53 Å². The number of hydrogen-bond donors (Lipinski definition) is 2. The number of guanidine groups is 1. The van der Waals surface area contributed by atoms with Gasteiger partial charge in [0.05, 0.1) is 12.1 Å². The van der Waals surface area contributed by atoms with Gasteiger partial charge in [-0.3, -0.25) is 9.79 Å². The van der Waals surface area contributed by atoms with E-state index in [-0.39, 0.29) is 11.9 Å². The number of anilines is 1. The molecule has 1 saturated heterocycles. The maximum absolute atomic E-state index is 12.3. The van der Waals surface area contributed by atoms with Crippen LogP contribution in [0.25, 0.3) is 0 Å². The van der Waals surface area contributed by atoms with E-state index < -0.39 is 0 Å². The third-order valence-electron chi connectivity index (χ3n) is 5.03. The van der Waals surface area contributed by atoms with Crippen LogP contribution in [0, 0.1) is 0 Å². The zero-order chi connectivity index (χ0) is 18.2. The Kier molecular flexibility index (Phi) is 6.89. The van der Waals surface area contributed by atoms with Crippen LogP contribution >= 0.6 is 0 Å². The van der Waals surface area contributed by atoms with Gasteiger partial charge in [0.25, 0.3) is 0 Å². The fourth-order valence-electron chi connectivity index (χ4n) is 3.63. The van der Waals surface area contributed by atoms with Crippen LogP contribution in [0.3, 0.4) is 0 Å². The number of carbonyl (C=O) groups excluding carboxylic acids is 1. The molecule has 1 amide bonds. The van der Waals surface area contributed by atoms with E-state index in [1.54, 1.807) is 7.05 Å². The number of carbonyl (C=O) groups is 1. The monoisotopic (exact) mass is 358 g/mol. The lowest BCUT2D eigenvalue weighted by Crippen LogP contribution is -2.45. The highest BCUT2D eigenvalue weighted by Gasteiger charge is 2.30. The van der Waals surface area contributed by atoms with Crippen molar-refractivity contribution in [2.24, 2.45) is 4.99 Å². The molecule has 26 heavy (non-hydrogen) atoms. The molecular weight excluding hydrogens is 328 g/mol. The summed E-state index contributed by atoms with van der Waals surface area (Å²) in [6.07, 6.45) is 6.95. The van der Waals surface area contributed by atoms with E-state index in [9.17, 15) is 4.79 Å². The van der Waals surface area contributed by atoms with Crippen LogP contribution in [0.5, 0.6) is 0 Å². The first-order chi connectivity index (χ1) is 12.8. The van der Waals surface area contributed by atoms with E-state index in [4.69, 9.17) is 4.74 Å². The summed E-state index contributed by atoms with van der Waals surface area (Å²) in [5, 5.41) is 6.68. The molecule has 1 aliphatic carbocycles. The van der Waals surface area contributed by atoms with Gasteiger partial charge in [0.15, 0.2) is 5.96 Å². The fourth-order valence-corrected chi connectivity index (χ4v) is 3.63. The number of nitrogens with one attached hydrogen (secondary N) is 2. The molecule has 1 unspecified atom stereocenters. The van der Waals surface area contributed by atoms with Crippen molar-refractivity contribution in [1.29, 1.82) is 0 Å². The Bertz CT molecular complexity index is 599. The molecule has 1 aromatic rings. The highest BCUT2D eigenvalue weighted by Crippen LogP contribution is 2.21. The topological polar surface area (TPSA) is 66.0 Å². The van der Waals surface area contributed by atoms with Gasteiger partial charge in [0.1, 0.15) is 0 Å². The van der Waals surface area contributed by atoms with Crippen molar-refractivity contribution in [2.45, 2.75) is 50.7 Å². The first kappa shape index (κ1) is 18.7. The molecule has 3 rings (SSSR count). The van der Waals surface area contributed by atoms with Crippen LogP contribution < -0.4 is 15.5 Å². The Balaban J connectivity index is 1.37. The molecule has 1 saturated carbocycles. The first-order valence-corrected chi connectivity index (χ1v) is 9.70. The Morgan fingerprint density at radius 3 is 2.77 bits per heavy atom. The summed E-state index contributed by atoms with van der Waals surface area (Å²) < 4.78 is 5.88. The van der Waals surface area contributed by atoms with E-state index in [0.717, 1.165) is 31.2 Å². The molecule has 2 N–H and O–H groups in total. The average molecular weight is 358 g/mol. The molecule has 142 valence electrons. The van der Waals surface area contributed by atoms with Crippen molar-refractivity contribution < 1.29 is 9.53 Å². The number of rotatable bonds is 7. The normalized spacial score (nSPS) is 21.4. The molecule has 2 fully saturated rings. The minimum atomic E-state index is 0.0728. The number of nitrogens with zero attached hydrogens (tertiary/aromatic N) is 2. The quantitative estimate of drug-likeness (QED) is 0.446. The summed E-state index contributed by atoms with van der Waals surface area (Å²) in [6.45, 7) is 2.27. The zero-order valence-electron chi connectivity index (χ0n) is 15.6. The number of para-hydroxylation sites is 1. The maximum Gasteiger partial charge on any atom is 0.229 e. The largest absolute Gasteiger partial charge is 0.378 e. The number of aliphatic imine (C=N–C) groups is 1. The molecule has 6 heteroatoms. The Hall–Kier alpha value is -2.08. The highest BCUT2D eigenvalue weighted by atomic mass is 16.5. The Morgan fingerprint density at radius 1 is 1.27 bits per heavy atom. The molecule has 6 nitrogen and oxygen atoms in total. The van der Waals surface area contributed by atoms with Crippen molar-refractivity contribution >= 4 is 17.6 Å². The molecule has 1 heterocycles. The summed E-state index contributed by atoms with van der Waals surface area (Å²) in [6, 6.07) is 9.88. The van der Waals surface area contributed by atoms with Gasteiger partial charge < -0.3 is 20.3 Å². The number of hydrogen-bond acceptors (Lipinski definition) is 3. The summed E-state index contributed by atoms with van der Waals surface area (Å²) in [5.74, 6) is 0.896. The zero-order valence-corrected chi connectivity index (χ0v) is 15.6. The van der Waals surface area contributed by atoms with E-state index in [2.05, 4.69) is 15.6 Å². The summed E-state index contributed by atoms with van der Waals surface area (Å²) >= 11 is 0. The minimum Gasteiger partial charge on any atom is -0.378 e. The van der Waals surface area contributed by atoms with Gasteiger partial charge in [-0.05, 0) is 31.4 Å². The summed E-state index contributed by atoms with van der Waals surface area (Å²) in [5.41, 5.74) is 0.953. The van der Waals surface area contributed by atoms with E-state index in [0.29, 0.717) is 19.1 Å². The van der Waals surface area contributed by atoms with Gasteiger partial charge in [-0.25, -0.2) is 0 Å². The molecule has 1 atom stereocenters. The van der Waals surface area contributed by atoms with E-state index >= 15 is 0 Å². The highest BCUT2D eigenvalue weighted by molar-refractivity contribution is 5.97. The summed E-state index contributed by atoms with van der Waals surface area (Å²) in [4.78, 5) is 18.4. The molecular formula is C20H30N4O2. The second-order valence-corrected chi connectivity index (χ2v) is 7.02. The predicted octanol–water partition coefficient (Wildman–Crippen LogP) is 2.31. The maximum atomic E-state index is 12.3. The predicted molar refractivity (Wildman–Crippen MR) is 105 cm³/mol. The Morgan fingerprint density at radius 2 is 2.04 bits per heavy atom. The van der Waals surface area contributed by atoms with Gasteiger partial charge >= 0.3 is 0 Å². The lowest BCUT2D eigenvalue weighted by molar-refractivity contribution is -0.117. The second kappa shape index (κ2) is 9.57. The van der Waals surface area contributed by atoms with Crippen LogP contribution in [-0.4, -0.2) is 50.8 Å². The number of ether oxygens (including phenoxy) is 1. The van der Waals surface area contributed by atoms with Gasteiger partial charge in [-0.1, -0.05) is 31.0 Å². The third kappa shape index (κ3) is 5.21. The lowest BCUT2D eigenvalue weighted by Gasteiger charge is -2.19. The van der Waals surface area contributed by atoms with Crippen molar-refractivity contribution in [3.63, 3.8) is 0 Å². The van der Waals surface area contributed by atoms with Crippen molar-refractivity contribution in [1.82, 2.24) is 10.6 Å². The number of amides is 1. The Labute approximate surface area is 156 Å². The first-order valence-electron chi connectivity index (χ1n) is 9.70. The van der Waals surface area contributed by atoms with Crippen LogP contribution in [0.15, 0.2) is 35.3 Å². The van der Waals surface area contributed by atoms with E-state index in [1.165, 1.54) is 25.7 Å².